The molecule has 0 atom stereocenters. The Labute approximate surface area is 124 Å². The molecule has 0 fully saturated rings. The number of hydrogen-bond acceptors (Lipinski definition) is 3. The van der Waals surface area contributed by atoms with Crippen molar-refractivity contribution in [3.05, 3.63) is 40.4 Å². The average Bonchev–Trinajstić information content (AvgIpc) is 2.42. The highest BCUT2D eigenvalue weighted by molar-refractivity contribution is 9.10. The van der Waals surface area contributed by atoms with Crippen LogP contribution in [0.5, 0.6) is 5.75 Å². The van der Waals surface area contributed by atoms with Gasteiger partial charge in [0.15, 0.2) is 0 Å². The first-order valence-corrected chi connectivity index (χ1v) is 7.24. The van der Waals surface area contributed by atoms with Gasteiger partial charge in [-0.25, -0.2) is 0 Å². The molecule has 0 aliphatic rings. The van der Waals surface area contributed by atoms with E-state index in [-0.39, 0.29) is 0 Å². The second-order valence-electron chi connectivity index (χ2n) is 4.18. The lowest BCUT2D eigenvalue weighted by molar-refractivity contribution is 0.199. The van der Waals surface area contributed by atoms with Crippen molar-refractivity contribution in [1.82, 2.24) is 5.32 Å². The van der Waals surface area contributed by atoms with Crippen molar-refractivity contribution in [3.8, 4) is 5.75 Å². The molecule has 0 aliphatic carbocycles. The number of hydrogen-bond donors (Lipinski definition) is 1. The van der Waals surface area contributed by atoms with Crippen LogP contribution in [0.15, 0.2) is 34.8 Å². The topological polar surface area (TPSA) is 30.5 Å². The predicted octanol–water partition coefficient (Wildman–Crippen LogP) is 3.18. The third kappa shape index (κ3) is 6.76. The van der Waals surface area contributed by atoms with Crippen molar-refractivity contribution in [2.24, 2.45) is 0 Å². The normalized spacial score (nSPS) is 11.1. The van der Waals surface area contributed by atoms with Crippen molar-refractivity contribution >= 4 is 15.9 Å². The molecule has 0 heterocycles. The highest BCUT2D eigenvalue weighted by atomic mass is 79.9. The van der Waals surface area contributed by atoms with E-state index in [1.54, 1.807) is 14.2 Å². The molecule has 0 amide bonds. The molecule has 19 heavy (non-hydrogen) atoms. The molecule has 4 heteroatoms. The number of allylic oxidation sites excluding steroid dienone is 1. The van der Waals surface area contributed by atoms with E-state index in [2.05, 4.69) is 45.5 Å². The lowest BCUT2D eigenvalue weighted by Gasteiger charge is -2.04. The molecule has 0 aliphatic heterocycles. The third-order valence-corrected chi connectivity index (χ3v) is 3.33. The van der Waals surface area contributed by atoms with Crippen LogP contribution in [0.3, 0.4) is 0 Å². The summed E-state index contributed by atoms with van der Waals surface area (Å²) in [7, 11) is 3.39. The highest BCUT2D eigenvalue weighted by Crippen LogP contribution is 2.25. The van der Waals surface area contributed by atoms with Gasteiger partial charge < -0.3 is 14.8 Å². The van der Waals surface area contributed by atoms with E-state index in [1.165, 1.54) is 5.56 Å². The van der Waals surface area contributed by atoms with Crippen LogP contribution in [0.1, 0.15) is 12.0 Å². The second kappa shape index (κ2) is 10.0. The number of halogens is 1. The Morgan fingerprint density at radius 2 is 2.05 bits per heavy atom. The van der Waals surface area contributed by atoms with Crippen LogP contribution in [0.2, 0.25) is 0 Å². The summed E-state index contributed by atoms with van der Waals surface area (Å²) in [4.78, 5) is 0. The molecular weight excluding hydrogens is 306 g/mol. The molecule has 1 aromatic rings. The molecule has 1 aromatic carbocycles. The average molecular weight is 328 g/mol. The SMILES string of the molecule is COCCNCCC=CCc1ccc(OC)c(Br)c1. The first-order chi connectivity index (χ1) is 9.27. The molecule has 3 nitrogen and oxygen atoms in total. The molecule has 106 valence electrons. The zero-order valence-electron chi connectivity index (χ0n) is 11.6. The fraction of sp³-hybridized carbons (Fsp3) is 0.467. The molecule has 0 saturated heterocycles. The van der Waals surface area contributed by atoms with Gasteiger partial charge >= 0.3 is 0 Å². The van der Waals surface area contributed by atoms with E-state index in [0.29, 0.717) is 0 Å². The van der Waals surface area contributed by atoms with Crippen molar-refractivity contribution in [1.29, 1.82) is 0 Å². The van der Waals surface area contributed by atoms with Crippen LogP contribution in [0, 0.1) is 0 Å². The van der Waals surface area contributed by atoms with Crippen LogP contribution in [-0.2, 0) is 11.2 Å². The minimum Gasteiger partial charge on any atom is -0.496 e. The Bertz CT molecular complexity index is 394. The Morgan fingerprint density at radius 3 is 2.74 bits per heavy atom. The van der Waals surface area contributed by atoms with E-state index in [9.17, 15) is 0 Å². The van der Waals surface area contributed by atoms with Crippen molar-refractivity contribution in [2.75, 3.05) is 33.9 Å². The van der Waals surface area contributed by atoms with Gasteiger partial charge in [-0.3, -0.25) is 0 Å². The van der Waals surface area contributed by atoms with Crippen LogP contribution in [0.25, 0.3) is 0 Å². The number of rotatable bonds is 9. The molecule has 1 rings (SSSR count). The monoisotopic (exact) mass is 327 g/mol. The number of ether oxygens (including phenoxy) is 2. The van der Waals surface area contributed by atoms with Crippen LogP contribution < -0.4 is 10.1 Å². The molecule has 0 bridgehead atoms. The van der Waals surface area contributed by atoms with Crippen molar-refractivity contribution in [2.45, 2.75) is 12.8 Å². The van der Waals surface area contributed by atoms with E-state index in [0.717, 1.165) is 42.8 Å². The van der Waals surface area contributed by atoms with Gasteiger partial charge in [0.1, 0.15) is 5.75 Å². The minimum absolute atomic E-state index is 0.767. The second-order valence-corrected chi connectivity index (χ2v) is 5.03. The first-order valence-electron chi connectivity index (χ1n) is 6.45. The standard InChI is InChI=1S/C15H22BrNO2/c1-18-11-10-17-9-5-3-4-6-13-7-8-15(19-2)14(16)12-13/h3-4,7-8,12,17H,5-6,9-11H2,1-2H3. The van der Waals surface area contributed by atoms with Crippen LogP contribution >= 0.6 is 15.9 Å². The van der Waals surface area contributed by atoms with E-state index in [4.69, 9.17) is 9.47 Å². The number of benzene rings is 1. The third-order valence-electron chi connectivity index (χ3n) is 2.71. The summed E-state index contributed by atoms with van der Waals surface area (Å²) in [5, 5.41) is 3.31. The fourth-order valence-electron chi connectivity index (χ4n) is 1.66. The lowest BCUT2D eigenvalue weighted by atomic mass is 10.1. The van der Waals surface area contributed by atoms with Gasteiger partial charge in [-0.15, -0.1) is 0 Å². The number of nitrogens with one attached hydrogen (secondary N) is 1. The molecule has 0 unspecified atom stereocenters. The molecule has 1 N–H and O–H groups in total. The van der Waals surface area contributed by atoms with Gasteiger partial charge in [0.05, 0.1) is 18.2 Å². The molecule has 0 aromatic heterocycles. The zero-order chi connectivity index (χ0) is 13.9. The maximum atomic E-state index is 5.21. The summed E-state index contributed by atoms with van der Waals surface area (Å²) in [6, 6.07) is 6.17. The maximum Gasteiger partial charge on any atom is 0.133 e. The smallest absolute Gasteiger partial charge is 0.133 e. The van der Waals surface area contributed by atoms with Gasteiger partial charge in [0.2, 0.25) is 0 Å². The van der Waals surface area contributed by atoms with Gasteiger partial charge in [0, 0.05) is 13.7 Å². The Kier molecular flexibility index (Phi) is 8.54. The van der Waals surface area contributed by atoms with Crippen LogP contribution in [-0.4, -0.2) is 33.9 Å². The molecule has 0 radical (unpaired) electrons. The summed E-state index contributed by atoms with van der Waals surface area (Å²) in [6.45, 7) is 2.67. The number of methoxy groups -OCH3 is 2. The largest absolute Gasteiger partial charge is 0.496 e. The summed E-state index contributed by atoms with van der Waals surface area (Å²) >= 11 is 3.49. The van der Waals surface area contributed by atoms with Crippen molar-refractivity contribution in [3.63, 3.8) is 0 Å². The van der Waals surface area contributed by atoms with Gasteiger partial charge in [-0.05, 0) is 53.0 Å². The summed E-state index contributed by atoms with van der Waals surface area (Å²) < 4.78 is 11.2. The minimum atomic E-state index is 0.767. The highest BCUT2D eigenvalue weighted by Gasteiger charge is 1.99. The van der Waals surface area contributed by atoms with Gasteiger partial charge in [-0.2, -0.15) is 0 Å². The summed E-state index contributed by atoms with van der Waals surface area (Å²) in [5.74, 6) is 0.870. The lowest BCUT2D eigenvalue weighted by Crippen LogP contribution is -2.19. The van der Waals surface area contributed by atoms with E-state index in [1.807, 2.05) is 6.07 Å². The molecular formula is C15H22BrNO2. The van der Waals surface area contributed by atoms with Gasteiger partial charge in [0.25, 0.3) is 0 Å². The summed E-state index contributed by atoms with van der Waals surface area (Å²) in [6.07, 6.45) is 6.39. The Hall–Kier alpha value is -0.840. The first kappa shape index (κ1) is 16.2. The van der Waals surface area contributed by atoms with E-state index >= 15 is 0 Å². The maximum absolute atomic E-state index is 5.21. The Balaban J connectivity index is 2.23. The summed E-state index contributed by atoms with van der Waals surface area (Å²) in [5.41, 5.74) is 1.27. The van der Waals surface area contributed by atoms with Crippen LogP contribution in [0.4, 0.5) is 0 Å². The quantitative estimate of drug-likeness (QED) is 0.558. The predicted molar refractivity (Wildman–Crippen MR) is 82.9 cm³/mol. The Morgan fingerprint density at radius 1 is 1.21 bits per heavy atom. The van der Waals surface area contributed by atoms with E-state index < -0.39 is 0 Å². The molecule has 0 spiro atoms. The fourth-order valence-corrected chi connectivity index (χ4v) is 2.25. The van der Waals surface area contributed by atoms with Gasteiger partial charge in [-0.1, -0.05) is 18.2 Å². The molecule has 0 saturated carbocycles. The van der Waals surface area contributed by atoms with Crippen molar-refractivity contribution < 1.29 is 9.47 Å². The zero-order valence-corrected chi connectivity index (χ0v) is 13.2.